The summed E-state index contributed by atoms with van der Waals surface area (Å²) < 4.78 is 19.7. The highest BCUT2D eigenvalue weighted by Crippen LogP contribution is 2.32. The minimum atomic E-state index is -0.958. The third kappa shape index (κ3) is 3.66. The molecule has 1 aliphatic heterocycles. The van der Waals surface area contributed by atoms with E-state index in [9.17, 15) is 9.59 Å². The number of amides is 1. The van der Waals surface area contributed by atoms with Crippen molar-refractivity contribution in [2.45, 2.75) is 26.5 Å². The highest BCUT2D eigenvalue weighted by Gasteiger charge is 2.23. The monoisotopic (exact) mass is 363 g/mol. The van der Waals surface area contributed by atoms with E-state index in [1.165, 1.54) is 6.92 Å². The van der Waals surface area contributed by atoms with Crippen LogP contribution in [0.4, 0.5) is 5.00 Å². The van der Waals surface area contributed by atoms with Crippen molar-refractivity contribution in [3.63, 3.8) is 0 Å². The molecule has 25 heavy (non-hydrogen) atoms. The van der Waals surface area contributed by atoms with Crippen LogP contribution >= 0.6 is 11.5 Å². The number of carbonyl (C=O) groups is 2. The Morgan fingerprint density at radius 1 is 1.40 bits per heavy atom. The van der Waals surface area contributed by atoms with Crippen LogP contribution in [-0.4, -0.2) is 29.1 Å². The molecule has 0 spiro atoms. The van der Waals surface area contributed by atoms with Gasteiger partial charge in [-0.25, -0.2) is 4.79 Å². The van der Waals surface area contributed by atoms with Crippen LogP contribution in [0.5, 0.6) is 11.5 Å². The number of aromatic nitrogens is 1. The zero-order valence-electron chi connectivity index (χ0n) is 13.7. The topological polar surface area (TPSA) is 113 Å². The number of ether oxygens (including phenoxy) is 3. The summed E-state index contributed by atoms with van der Waals surface area (Å²) in [5, 5.41) is 2.99. The van der Waals surface area contributed by atoms with Crippen molar-refractivity contribution < 1.29 is 23.8 Å². The van der Waals surface area contributed by atoms with Gasteiger partial charge in [0.2, 0.25) is 6.79 Å². The second-order valence-corrected chi connectivity index (χ2v) is 6.27. The molecule has 132 valence electrons. The Bertz CT molecular complexity index is 801. The Balaban J connectivity index is 1.55. The molecule has 0 bridgehead atoms. The summed E-state index contributed by atoms with van der Waals surface area (Å²) in [6.07, 6.45) is -0.958. The van der Waals surface area contributed by atoms with Crippen LogP contribution in [0.1, 0.15) is 28.5 Å². The second kappa shape index (κ2) is 6.98. The number of nitrogens with zero attached hydrogens (tertiary/aromatic N) is 1. The van der Waals surface area contributed by atoms with E-state index in [0.717, 1.165) is 17.1 Å². The van der Waals surface area contributed by atoms with E-state index in [0.29, 0.717) is 17.2 Å². The summed E-state index contributed by atoms with van der Waals surface area (Å²) >= 11 is 1.02. The molecule has 0 saturated carbocycles. The van der Waals surface area contributed by atoms with Gasteiger partial charge in [-0.15, -0.1) is 0 Å². The predicted octanol–water partition coefficient (Wildman–Crippen LogP) is 1.62. The summed E-state index contributed by atoms with van der Waals surface area (Å²) in [5.41, 5.74) is 7.25. The molecule has 2 aromatic rings. The van der Waals surface area contributed by atoms with Gasteiger partial charge in [0.15, 0.2) is 17.6 Å². The summed E-state index contributed by atoms with van der Waals surface area (Å²) in [5.74, 6) is 0.247. The van der Waals surface area contributed by atoms with E-state index >= 15 is 0 Å². The number of aryl methyl sites for hydroxylation is 1. The SMILES string of the molecule is Cc1nsc(N)c1C(=O)OC(C)C(=O)NCc1ccc2c(c1)OCO2. The van der Waals surface area contributed by atoms with E-state index in [1.807, 2.05) is 6.07 Å². The van der Waals surface area contributed by atoms with Crippen LogP contribution < -0.4 is 20.5 Å². The van der Waals surface area contributed by atoms with Crippen LogP contribution in [0.3, 0.4) is 0 Å². The van der Waals surface area contributed by atoms with Gasteiger partial charge >= 0.3 is 5.97 Å². The van der Waals surface area contributed by atoms with Gasteiger partial charge in [-0.1, -0.05) is 6.07 Å². The smallest absolute Gasteiger partial charge is 0.343 e. The quantitative estimate of drug-likeness (QED) is 0.776. The number of nitrogens with one attached hydrogen (secondary N) is 1. The number of anilines is 1. The standard InChI is InChI=1S/C16H17N3O5S/c1-8-13(14(17)25-19-8)16(21)24-9(2)15(20)18-6-10-3-4-11-12(5-10)23-7-22-11/h3-5,9H,6-7,17H2,1-2H3,(H,18,20). The number of nitrogens with two attached hydrogens (primary N) is 1. The lowest BCUT2D eigenvalue weighted by molar-refractivity contribution is -0.129. The van der Waals surface area contributed by atoms with Crippen molar-refractivity contribution in [3.05, 3.63) is 35.0 Å². The maximum atomic E-state index is 12.1. The zero-order valence-corrected chi connectivity index (χ0v) is 14.5. The van der Waals surface area contributed by atoms with Crippen LogP contribution in [0.15, 0.2) is 18.2 Å². The van der Waals surface area contributed by atoms with Crippen LogP contribution in [0, 0.1) is 6.92 Å². The first-order valence-electron chi connectivity index (χ1n) is 7.54. The molecule has 0 radical (unpaired) electrons. The molecule has 3 rings (SSSR count). The molecule has 0 fully saturated rings. The molecule has 1 amide bonds. The van der Waals surface area contributed by atoms with Crippen molar-refractivity contribution >= 4 is 28.4 Å². The largest absolute Gasteiger partial charge is 0.454 e. The molecule has 9 heteroatoms. The Kier molecular flexibility index (Phi) is 4.75. The average molecular weight is 363 g/mol. The van der Waals surface area contributed by atoms with E-state index in [-0.39, 0.29) is 23.9 Å². The average Bonchev–Trinajstić information content (AvgIpc) is 3.18. The van der Waals surface area contributed by atoms with E-state index in [1.54, 1.807) is 19.1 Å². The van der Waals surface area contributed by atoms with Gasteiger partial charge in [-0.05, 0) is 43.1 Å². The molecule has 0 saturated heterocycles. The fourth-order valence-electron chi connectivity index (χ4n) is 2.29. The lowest BCUT2D eigenvalue weighted by atomic mass is 10.2. The van der Waals surface area contributed by atoms with Crippen molar-refractivity contribution in [1.82, 2.24) is 9.69 Å². The van der Waals surface area contributed by atoms with Gasteiger partial charge in [-0.2, -0.15) is 4.37 Å². The Morgan fingerprint density at radius 3 is 2.88 bits per heavy atom. The molecule has 1 aromatic heterocycles. The number of nitrogen functional groups attached to an aromatic ring is 1. The molecule has 1 aliphatic rings. The lowest BCUT2D eigenvalue weighted by Gasteiger charge is -2.13. The van der Waals surface area contributed by atoms with Gasteiger partial charge in [0.25, 0.3) is 5.91 Å². The molecular weight excluding hydrogens is 346 g/mol. The number of benzene rings is 1. The number of fused-ring (bicyclic) bond motifs is 1. The fraction of sp³-hybridized carbons (Fsp3) is 0.312. The van der Waals surface area contributed by atoms with Crippen LogP contribution in [0.25, 0.3) is 0 Å². The second-order valence-electron chi connectivity index (χ2n) is 5.46. The minimum Gasteiger partial charge on any atom is -0.454 e. The summed E-state index contributed by atoms with van der Waals surface area (Å²) in [4.78, 5) is 24.3. The molecule has 3 N–H and O–H groups in total. The molecule has 1 aromatic carbocycles. The Hall–Kier alpha value is -2.81. The van der Waals surface area contributed by atoms with Gasteiger partial charge in [0, 0.05) is 6.54 Å². The van der Waals surface area contributed by atoms with Crippen molar-refractivity contribution in [3.8, 4) is 11.5 Å². The van der Waals surface area contributed by atoms with E-state index in [2.05, 4.69) is 9.69 Å². The number of rotatable bonds is 5. The molecular formula is C16H17N3O5S. The summed E-state index contributed by atoms with van der Waals surface area (Å²) in [6.45, 7) is 3.63. The van der Waals surface area contributed by atoms with Crippen molar-refractivity contribution in [2.24, 2.45) is 0 Å². The Labute approximate surface area is 148 Å². The summed E-state index contributed by atoms with van der Waals surface area (Å²) in [6, 6.07) is 5.40. The normalized spacial score (nSPS) is 13.4. The minimum absolute atomic E-state index is 0.193. The first kappa shape index (κ1) is 17.0. The first-order valence-corrected chi connectivity index (χ1v) is 8.32. The maximum absolute atomic E-state index is 12.1. The van der Waals surface area contributed by atoms with E-state index in [4.69, 9.17) is 19.9 Å². The number of esters is 1. The third-order valence-electron chi connectivity index (χ3n) is 3.65. The highest BCUT2D eigenvalue weighted by molar-refractivity contribution is 7.10. The summed E-state index contributed by atoms with van der Waals surface area (Å²) in [7, 11) is 0. The van der Waals surface area contributed by atoms with Gasteiger partial charge in [0.1, 0.15) is 10.6 Å². The van der Waals surface area contributed by atoms with Crippen molar-refractivity contribution in [1.29, 1.82) is 0 Å². The number of carbonyl (C=O) groups excluding carboxylic acids is 2. The molecule has 0 aliphatic carbocycles. The number of hydrogen-bond acceptors (Lipinski definition) is 8. The van der Waals surface area contributed by atoms with Crippen LogP contribution in [0.2, 0.25) is 0 Å². The lowest BCUT2D eigenvalue weighted by Crippen LogP contribution is -2.35. The van der Waals surface area contributed by atoms with Gasteiger partial charge < -0.3 is 25.3 Å². The maximum Gasteiger partial charge on any atom is 0.343 e. The third-order valence-corrected chi connectivity index (χ3v) is 4.42. The molecule has 8 nitrogen and oxygen atoms in total. The van der Waals surface area contributed by atoms with Crippen molar-refractivity contribution in [2.75, 3.05) is 12.5 Å². The highest BCUT2D eigenvalue weighted by atomic mass is 32.1. The predicted molar refractivity (Wildman–Crippen MR) is 90.6 cm³/mol. The molecule has 2 heterocycles. The van der Waals surface area contributed by atoms with Crippen LogP contribution in [-0.2, 0) is 16.1 Å². The molecule has 1 unspecified atom stereocenters. The first-order chi connectivity index (χ1) is 12.0. The van der Waals surface area contributed by atoms with E-state index < -0.39 is 18.0 Å². The van der Waals surface area contributed by atoms with Gasteiger partial charge in [0.05, 0.1) is 5.69 Å². The molecule has 1 atom stereocenters. The zero-order chi connectivity index (χ0) is 18.0. The number of hydrogen-bond donors (Lipinski definition) is 2. The fourth-order valence-corrected chi connectivity index (χ4v) is 2.94. The Morgan fingerprint density at radius 2 is 2.16 bits per heavy atom. The van der Waals surface area contributed by atoms with Gasteiger partial charge in [-0.3, -0.25) is 4.79 Å².